The molecule has 0 bridgehead atoms. The van der Waals surface area contributed by atoms with Gasteiger partial charge in [-0.05, 0) is 47.3 Å². The highest BCUT2D eigenvalue weighted by atomic mass is 32.1. The summed E-state index contributed by atoms with van der Waals surface area (Å²) < 4.78 is 0. The van der Waals surface area contributed by atoms with Crippen LogP contribution in [0.25, 0.3) is 0 Å². The lowest BCUT2D eigenvalue weighted by Gasteiger charge is -2.48. The molecule has 238 valence electrons. The van der Waals surface area contributed by atoms with Crippen molar-refractivity contribution >= 4 is 40.9 Å². The fraction of sp³-hybridized carbons (Fsp3) is 0.742. The average Bonchev–Trinajstić information content (AvgIpc) is 3.44. The normalized spacial score (nSPS) is 24.7. The second kappa shape index (κ2) is 12.5. The standard InChI is InChI=1S/C31H48N6O5S/c1-16(2)20(13-22-33-10-11-43-22)35-29(42)36-25(30(3,4)5)28(41)37-15-19-18(14-31(19,6)7)23(37)27(40)34-21(12-17-8-9-17)24(38)26(32)39/h10-11,16-21,23,25H,8-9,12-15H2,1-7H3,(H2,32,39)(H,34,40)(H2,35,36,42)/t18-,19-,20+,21?,23-,25+/m0/s1. The number of amides is 5. The summed E-state index contributed by atoms with van der Waals surface area (Å²) in [6.45, 7) is 14.3. The number of thiazole rings is 1. The Morgan fingerprint density at radius 1 is 1.12 bits per heavy atom. The fourth-order valence-electron chi connectivity index (χ4n) is 6.65. The highest BCUT2D eigenvalue weighted by Crippen LogP contribution is 2.57. The number of carbonyl (C=O) groups is 5. The molecule has 11 nitrogen and oxygen atoms in total. The van der Waals surface area contributed by atoms with Gasteiger partial charge in [-0.15, -0.1) is 11.3 Å². The smallest absolute Gasteiger partial charge is 0.315 e. The van der Waals surface area contributed by atoms with Crippen LogP contribution in [0.3, 0.4) is 0 Å². The van der Waals surface area contributed by atoms with Gasteiger partial charge in [0.1, 0.15) is 12.1 Å². The molecule has 5 N–H and O–H groups in total. The van der Waals surface area contributed by atoms with Gasteiger partial charge in [-0.2, -0.15) is 0 Å². The number of Topliss-reactive ketones (excluding diaryl/α,β-unsaturated/α-hetero) is 1. The lowest BCUT2D eigenvalue weighted by molar-refractivity contribution is -0.144. The van der Waals surface area contributed by atoms with Crippen molar-refractivity contribution < 1.29 is 24.0 Å². The molecular weight excluding hydrogens is 568 g/mol. The summed E-state index contributed by atoms with van der Waals surface area (Å²) in [5.74, 6) is -2.26. The molecule has 2 saturated carbocycles. The van der Waals surface area contributed by atoms with E-state index in [1.54, 1.807) is 11.1 Å². The Bertz CT molecular complexity index is 1220. The number of rotatable bonds is 12. The van der Waals surface area contributed by atoms with E-state index in [1.165, 1.54) is 11.3 Å². The number of urea groups is 1. The summed E-state index contributed by atoms with van der Waals surface area (Å²) in [7, 11) is 0. The number of aromatic nitrogens is 1. The van der Waals surface area contributed by atoms with Crippen LogP contribution in [0.2, 0.25) is 0 Å². The van der Waals surface area contributed by atoms with Gasteiger partial charge >= 0.3 is 6.03 Å². The van der Waals surface area contributed by atoms with Gasteiger partial charge in [0, 0.05) is 30.6 Å². The molecule has 1 aliphatic heterocycles. The molecule has 43 heavy (non-hydrogen) atoms. The molecule has 0 aromatic carbocycles. The largest absolute Gasteiger partial charge is 0.363 e. The SMILES string of the molecule is CC(C)[C@@H](Cc1nccs1)NC(=O)N[C@H](C(=O)N1C[C@H]2[C@H](CC2(C)C)[C@H]1C(=O)NC(CC1CC1)C(=O)C(N)=O)C(C)(C)C. The summed E-state index contributed by atoms with van der Waals surface area (Å²) in [6, 6.07) is -3.37. The van der Waals surface area contributed by atoms with Crippen LogP contribution in [-0.2, 0) is 25.6 Å². The zero-order chi connectivity index (χ0) is 31.9. The third-order valence-electron chi connectivity index (χ3n) is 9.50. The van der Waals surface area contributed by atoms with Crippen molar-refractivity contribution in [2.75, 3.05) is 6.54 Å². The number of hydrogen-bond acceptors (Lipinski definition) is 7. The Balaban J connectivity index is 1.53. The second-order valence-corrected chi connectivity index (χ2v) is 15.7. The van der Waals surface area contributed by atoms with E-state index in [2.05, 4.69) is 34.8 Å². The van der Waals surface area contributed by atoms with Crippen molar-refractivity contribution in [2.24, 2.45) is 40.2 Å². The predicted octanol–water partition coefficient (Wildman–Crippen LogP) is 2.64. The van der Waals surface area contributed by atoms with Crippen LogP contribution in [0.4, 0.5) is 4.79 Å². The van der Waals surface area contributed by atoms with E-state index in [9.17, 15) is 24.0 Å². The van der Waals surface area contributed by atoms with E-state index >= 15 is 0 Å². The van der Waals surface area contributed by atoms with Crippen molar-refractivity contribution in [2.45, 2.75) is 105 Å². The zero-order valence-electron chi connectivity index (χ0n) is 26.4. The molecule has 2 aliphatic carbocycles. The molecule has 0 radical (unpaired) electrons. The van der Waals surface area contributed by atoms with Crippen LogP contribution >= 0.6 is 11.3 Å². The zero-order valence-corrected chi connectivity index (χ0v) is 27.3. The predicted molar refractivity (Wildman–Crippen MR) is 164 cm³/mol. The molecule has 1 aromatic rings. The van der Waals surface area contributed by atoms with Crippen LogP contribution < -0.4 is 21.7 Å². The van der Waals surface area contributed by atoms with Crippen LogP contribution in [0, 0.1) is 34.5 Å². The molecule has 1 unspecified atom stereocenters. The van der Waals surface area contributed by atoms with Crippen molar-refractivity contribution in [3.63, 3.8) is 0 Å². The molecule has 12 heteroatoms. The van der Waals surface area contributed by atoms with Crippen molar-refractivity contribution in [3.8, 4) is 0 Å². The Morgan fingerprint density at radius 3 is 2.30 bits per heavy atom. The number of likely N-dealkylation sites (tertiary alicyclic amines) is 1. The molecule has 0 spiro atoms. The Morgan fingerprint density at radius 2 is 1.79 bits per heavy atom. The molecule has 3 fully saturated rings. The molecule has 1 saturated heterocycles. The van der Waals surface area contributed by atoms with Gasteiger partial charge in [-0.25, -0.2) is 9.78 Å². The summed E-state index contributed by atoms with van der Waals surface area (Å²) in [5, 5.41) is 11.6. The summed E-state index contributed by atoms with van der Waals surface area (Å²) >= 11 is 1.53. The maximum absolute atomic E-state index is 14.3. The number of nitrogens with zero attached hydrogens (tertiary/aromatic N) is 2. The number of ketones is 1. The summed E-state index contributed by atoms with van der Waals surface area (Å²) in [4.78, 5) is 71.8. The van der Waals surface area contributed by atoms with Gasteiger partial charge in [0.2, 0.25) is 17.6 Å². The first-order valence-electron chi connectivity index (χ1n) is 15.4. The molecule has 4 rings (SSSR count). The van der Waals surface area contributed by atoms with E-state index in [0.717, 1.165) is 24.3 Å². The topological polar surface area (TPSA) is 164 Å². The van der Waals surface area contributed by atoms with Gasteiger partial charge < -0.3 is 26.6 Å². The first-order valence-corrected chi connectivity index (χ1v) is 16.3. The van der Waals surface area contributed by atoms with Crippen molar-refractivity contribution in [3.05, 3.63) is 16.6 Å². The number of nitrogens with two attached hydrogens (primary N) is 1. The quantitative estimate of drug-likeness (QED) is 0.264. The highest BCUT2D eigenvalue weighted by molar-refractivity contribution is 7.09. The van der Waals surface area contributed by atoms with Crippen molar-refractivity contribution in [1.82, 2.24) is 25.8 Å². The van der Waals surface area contributed by atoms with Crippen LogP contribution in [0.1, 0.15) is 79.2 Å². The number of nitrogens with one attached hydrogen (secondary N) is 3. The Kier molecular flexibility index (Phi) is 9.58. The molecular formula is C31H48N6O5S. The molecule has 1 aromatic heterocycles. The van der Waals surface area contributed by atoms with Gasteiger partial charge in [0.05, 0.1) is 11.0 Å². The Labute approximate surface area is 258 Å². The lowest BCUT2D eigenvalue weighted by atomic mass is 9.55. The summed E-state index contributed by atoms with van der Waals surface area (Å²) in [6.07, 6.45) is 5.30. The second-order valence-electron chi connectivity index (χ2n) is 14.8. The maximum Gasteiger partial charge on any atom is 0.315 e. The van der Waals surface area contributed by atoms with E-state index in [0.29, 0.717) is 19.4 Å². The van der Waals surface area contributed by atoms with E-state index < -0.39 is 47.2 Å². The van der Waals surface area contributed by atoms with Crippen LogP contribution in [0.15, 0.2) is 11.6 Å². The fourth-order valence-corrected chi connectivity index (χ4v) is 7.33. The summed E-state index contributed by atoms with van der Waals surface area (Å²) in [5.41, 5.74) is 4.59. The maximum atomic E-state index is 14.3. The monoisotopic (exact) mass is 616 g/mol. The lowest BCUT2D eigenvalue weighted by Crippen LogP contribution is -2.61. The number of carbonyl (C=O) groups excluding carboxylic acids is 5. The van der Waals surface area contributed by atoms with Crippen LogP contribution in [-0.4, -0.2) is 70.1 Å². The number of fused-ring (bicyclic) bond motifs is 1. The van der Waals surface area contributed by atoms with E-state index in [-0.39, 0.29) is 41.0 Å². The van der Waals surface area contributed by atoms with E-state index in [4.69, 9.17) is 5.73 Å². The van der Waals surface area contributed by atoms with Crippen LogP contribution in [0.5, 0.6) is 0 Å². The minimum absolute atomic E-state index is 0.0585. The first-order chi connectivity index (χ1) is 20.0. The number of primary amides is 1. The van der Waals surface area contributed by atoms with Crippen molar-refractivity contribution in [1.29, 1.82) is 0 Å². The molecule has 2 heterocycles. The van der Waals surface area contributed by atoms with Gasteiger partial charge in [0.25, 0.3) is 5.91 Å². The third-order valence-corrected chi connectivity index (χ3v) is 10.3. The molecule has 6 atom stereocenters. The van der Waals surface area contributed by atoms with Gasteiger partial charge in [-0.3, -0.25) is 19.2 Å². The number of hydrogen-bond donors (Lipinski definition) is 4. The van der Waals surface area contributed by atoms with Gasteiger partial charge in [-0.1, -0.05) is 61.3 Å². The highest BCUT2D eigenvalue weighted by Gasteiger charge is 2.61. The van der Waals surface area contributed by atoms with E-state index in [1.807, 2.05) is 40.0 Å². The Hall–Kier alpha value is -3.02. The molecule has 3 aliphatic rings. The average molecular weight is 617 g/mol. The first kappa shape index (κ1) is 32.9. The third kappa shape index (κ3) is 7.56. The molecule has 5 amide bonds. The minimum atomic E-state index is -1.08. The minimum Gasteiger partial charge on any atom is -0.363 e. The van der Waals surface area contributed by atoms with Gasteiger partial charge in [0.15, 0.2) is 0 Å².